The molecule has 4 aromatic carbocycles. The van der Waals surface area contributed by atoms with E-state index < -0.39 is 17.4 Å². The van der Waals surface area contributed by atoms with Crippen LogP contribution in [0.15, 0.2) is 103 Å². The van der Waals surface area contributed by atoms with Gasteiger partial charge in [-0.05, 0) is 42.3 Å². The average molecular weight is 607 g/mol. The number of hydrogen-bond donors (Lipinski definition) is 1. The minimum atomic E-state index is -0.718. The number of methoxy groups -OCH3 is 1. The lowest BCUT2D eigenvalue weighted by Crippen LogP contribution is -2.41. The van der Waals surface area contributed by atoms with E-state index in [0.717, 1.165) is 16.7 Å². The minimum Gasteiger partial charge on any atom is -0.492 e. The third kappa shape index (κ3) is 9.29. The van der Waals surface area contributed by atoms with Gasteiger partial charge in [0.15, 0.2) is 5.78 Å². The van der Waals surface area contributed by atoms with Gasteiger partial charge in [-0.2, -0.15) is 0 Å². The highest BCUT2D eigenvalue weighted by Crippen LogP contribution is 2.23. The van der Waals surface area contributed by atoms with Gasteiger partial charge in [-0.25, -0.2) is 4.79 Å². The number of hydrogen-bond acceptors (Lipinski definition) is 6. The van der Waals surface area contributed by atoms with Crippen LogP contribution in [-0.2, 0) is 27.3 Å². The van der Waals surface area contributed by atoms with Gasteiger partial charge in [-0.1, -0.05) is 105 Å². The first-order chi connectivity index (χ1) is 21.5. The second-order valence-corrected chi connectivity index (χ2v) is 12.1. The molecule has 234 valence electrons. The first-order valence-electron chi connectivity index (χ1n) is 15.1. The second-order valence-electron chi connectivity index (χ2n) is 12.1. The molecule has 1 amide bonds. The maximum atomic E-state index is 13.2. The molecular weight excluding hydrogens is 564 g/mol. The summed E-state index contributed by atoms with van der Waals surface area (Å²) in [5.41, 5.74) is 4.22. The lowest BCUT2D eigenvalue weighted by atomic mass is 9.94. The smallest absolute Gasteiger partial charge is 0.328 e. The minimum absolute atomic E-state index is 0.0661. The number of anilines is 1. The van der Waals surface area contributed by atoms with E-state index in [0.29, 0.717) is 48.7 Å². The van der Waals surface area contributed by atoms with Crippen LogP contribution in [0, 0.1) is 12.3 Å². The number of aryl methyl sites for hydroxylation is 1. The SMILES string of the molecule is COC(=O)[C@H](Cc1ccc(OCCN(Cc2cccc(C)c2)C(=O)C(C)(C)C)cc1)Nc1ccccc1C(=O)c1ccccc1. The summed E-state index contributed by atoms with van der Waals surface area (Å²) in [5.74, 6) is 0.162. The third-order valence-corrected chi connectivity index (χ3v) is 7.40. The van der Waals surface area contributed by atoms with Crippen LogP contribution in [0.4, 0.5) is 5.69 Å². The fraction of sp³-hybridized carbons (Fsp3) is 0.289. The predicted octanol–water partition coefficient (Wildman–Crippen LogP) is 6.88. The van der Waals surface area contributed by atoms with Crippen molar-refractivity contribution >= 4 is 23.3 Å². The lowest BCUT2D eigenvalue weighted by molar-refractivity contribution is -0.141. The molecule has 4 aromatic rings. The highest BCUT2D eigenvalue weighted by Gasteiger charge is 2.27. The fourth-order valence-electron chi connectivity index (χ4n) is 5.06. The van der Waals surface area contributed by atoms with Gasteiger partial charge in [0.2, 0.25) is 5.91 Å². The van der Waals surface area contributed by atoms with E-state index in [1.807, 2.05) is 99.3 Å². The normalized spacial score (nSPS) is 11.8. The van der Waals surface area contributed by atoms with E-state index >= 15 is 0 Å². The van der Waals surface area contributed by atoms with Crippen LogP contribution in [0.5, 0.6) is 5.75 Å². The maximum absolute atomic E-state index is 13.2. The zero-order valence-corrected chi connectivity index (χ0v) is 26.7. The molecule has 7 heteroatoms. The van der Waals surface area contributed by atoms with Crippen molar-refractivity contribution in [2.75, 3.05) is 25.6 Å². The number of ether oxygens (including phenoxy) is 2. The Kier molecular flexibility index (Phi) is 11.1. The molecule has 0 aromatic heterocycles. The molecule has 0 saturated heterocycles. The number of para-hydroxylation sites is 1. The molecule has 7 nitrogen and oxygen atoms in total. The predicted molar refractivity (Wildman–Crippen MR) is 177 cm³/mol. The van der Waals surface area contributed by atoms with Crippen molar-refractivity contribution in [2.45, 2.75) is 46.7 Å². The van der Waals surface area contributed by atoms with E-state index in [-0.39, 0.29) is 11.7 Å². The summed E-state index contributed by atoms with van der Waals surface area (Å²) in [5, 5.41) is 3.24. The second kappa shape index (κ2) is 15.2. The van der Waals surface area contributed by atoms with Crippen LogP contribution >= 0.6 is 0 Å². The summed E-state index contributed by atoms with van der Waals surface area (Å²) in [4.78, 5) is 41.0. The highest BCUT2D eigenvalue weighted by molar-refractivity contribution is 6.12. The number of nitrogens with zero attached hydrogens (tertiary/aromatic N) is 1. The molecule has 0 aliphatic carbocycles. The molecule has 0 aliphatic heterocycles. The van der Waals surface area contributed by atoms with Gasteiger partial charge in [0, 0.05) is 35.2 Å². The summed E-state index contributed by atoms with van der Waals surface area (Å²) in [6.07, 6.45) is 0.338. The molecule has 0 heterocycles. The number of benzene rings is 4. The van der Waals surface area contributed by atoms with Crippen LogP contribution in [0.25, 0.3) is 0 Å². The number of carbonyl (C=O) groups excluding carboxylic acids is 3. The van der Waals surface area contributed by atoms with Crippen LogP contribution in [0.2, 0.25) is 0 Å². The van der Waals surface area contributed by atoms with Crippen molar-refractivity contribution in [1.29, 1.82) is 0 Å². The molecule has 4 rings (SSSR count). The van der Waals surface area contributed by atoms with Crippen molar-refractivity contribution in [3.63, 3.8) is 0 Å². The Morgan fingerprint density at radius 2 is 1.51 bits per heavy atom. The Morgan fingerprint density at radius 3 is 2.18 bits per heavy atom. The Balaban J connectivity index is 1.40. The molecule has 0 unspecified atom stereocenters. The third-order valence-electron chi connectivity index (χ3n) is 7.40. The number of ketones is 1. The van der Waals surface area contributed by atoms with Crippen LogP contribution in [-0.4, -0.2) is 48.9 Å². The number of nitrogens with one attached hydrogen (secondary N) is 1. The van der Waals surface area contributed by atoms with Gasteiger partial charge in [-0.3, -0.25) is 9.59 Å². The maximum Gasteiger partial charge on any atom is 0.328 e. The quantitative estimate of drug-likeness (QED) is 0.132. The van der Waals surface area contributed by atoms with E-state index in [2.05, 4.69) is 11.4 Å². The Hall–Kier alpha value is -4.91. The van der Waals surface area contributed by atoms with E-state index in [1.165, 1.54) is 7.11 Å². The molecule has 45 heavy (non-hydrogen) atoms. The number of carbonyl (C=O) groups is 3. The summed E-state index contributed by atoms with van der Waals surface area (Å²) in [6.45, 7) is 9.12. The van der Waals surface area contributed by atoms with Crippen LogP contribution in [0.3, 0.4) is 0 Å². The molecule has 0 saturated carbocycles. The standard InChI is InChI=1S/C38H42N2O5/c1-27-12-11-13-29(24-27)26-40(37(43)38(2,3)4)22-23-45-31-20-18-28(19-21-31)25-34(36(42)44-5)39-33-17-10-9-16-32(33)35(41)30-14-7-6-8-15-30/h6-21,24,34,39H,22-23,25-26H2,1-5H3/t34-/m0/s1. The fourth-order valence-corrected chi connectivity index (χ4v) is 5.06. The molecule has 0 bridgehead atoms. The van der Waals surface area contributed by atoms with E-state index in [1.54, 1.807) is 30.3 Å². The van der Waals surface area contributed by atoms with Crippen molar-refractivity contribution in [1.82, 2.24) is 4.90 Å². The molecular formula is C38H42N2O5. The van der Waals surface area contributed by atoms with E-state index in [9.17, 15) is 14.4 Å². The number of amides is 1. The van der Waals surface area contributed by atoms with Gasteiger partial charge in [0.05, 0.1) is 13.7 Å². The summed E-state index contributed by atoms with van der Waals surface area (Å²) < 4.78 is 11.1. The zero-order valence-electron chi connectivity index (χ0n) is 26.7. The average Bonchev–Trinajstić information content (AvgIpc) is 3.04. The largest absolute Gasteiger partial charge is 0.492 e. The van der Waals surface area contributed by atoms with Gasteiger partial charge >= 0.3 is 5.97 Å². The van der Waals surface area contributed by atoms with Crippen molar-refractivity contribution in [2.24, 2.45) is 5.41 Å². The van der Waals surface area contributed by atoms with Crippen molar-refractivity contribution in [3.05, 3.63) is 131 Å². The van der Waals surface area contributed by atoms with Gasteiger partial charge < -0.3 is 19.7 Å². The van der Waals surface area contributed by atoms with Gasteiger partial charge in [-0.15, -0.1) is 0 Å². The topological polar surface area (TPSA) is 84.9 Å². The highest BCUT2D eigenvalue weighted by atomic mass is 16.5. The Bertz CT molecular complexity index is 1590. The number of esters is 1. The molecule has 0 spiro atoms. The first kappa shape index (κ1) is 33.0. The number of rotatable bonds is 13. The summed E-state index contributed by atoms with van der Waals surface area (Å²) in [7, 11) is 1.35. The summed E-state index contributed by atoms with van der Waals surface area (Å²) >= 11 is 0. The van der Waals surface area contributed by atoms with Crippen LogP contribution < -0.4 is 10.1 Å². The van der Waals surface area contributed by atoms with Gasteiger partial charge in [0.1, 0.15) is 18.4 Å². The lowest BCUT2D eigenvalue weighted by Gasteiger charge is -2.29. The molecule has 0 aliphatic rings. The van der Waals surface area contributed by atoms with E-state index in [4.69, 9.17) is 9.47 Å². The Morgan fingerprint density at radius 1 is 0.822 bits per heavy atom. The molecule has 1 N–H and O–H groups in total. The van der Waals surface area contributed by atoms with Gasteiger partial charge in [0.25, 0.3) is 0 Å². The Labute approximate surface area is 266 Å². The first-order valence-corrected chi connectivity index (χ1v) is 15.1. The zero-order chi connectivity index (χ0) is 32.4. The molecule has 1 atom stereocenters. The van der Waals surface area contributed by atoms with Crippen LogP contribution in [0.1, 0.15) is 53.4 Å². The summed E-state index contributed by atoms with van der Waals surface area (Å²) in [6, 6.07) is 31.2. The van der Waals surface area contributed by atoms with Crippen molar-refractivity contribution < 1.29 is 23.9 Å². The van der Waals surface area contributed by atoms with Crippen molar-refractivity contribution in [3.8, 4) is 5.75 Å². The monoisotopic (exact) mass is 606 g/mol. The molecule has 0 radical (unpaired) electrons. The molecule has 0 fully saturated rings.